The summed E-state index contributed by atoms with van der Waals surface area (Å²) in [6.07, 6.45) is 5.81. The molecule has 0 aliphatic carbocycles. The highest BCUT2D eigenvalue weighted by atomic mass is 32.2. The van der Waals surface area contributed by atoms with Gasteiger partial charge in [0, 0.05) is 43.3 Å². The van der Waals surface area contributed by atoms with Crippen LogP contribution in [0.5, 0.6) is 0 Å². The maximum absolute atomic E-state index is 13.1. The van der Waals surface area contributed by atoms with Crippen LogP contribution in [0.3, 0.4) is 0 Å². The molecule has 0 bridgehead atoms. The Balaban J connectivity index is 1.90. The summed E-state index contributed by atoms with van der Waals surface area (Å²) < 4.78 is 27.9. The molecule has 30 heavy (non-hydrogen) atoms. The maximum atomic E-state index is 13.1. The van der Waals surface area contributed by atoms with Crippen LogP contribution < -0.4 is 0 Å². The lowest BCUT2D eigenvalue weighted by molar-refractivity contribution is -0.131. The summed E-state index contributed by atoms with van der Waals surface area (Å²) in [6, 6.07) is 7.15. The lowest BCUT2D eigenvalue weighted by Crippen LogP contribution is -2.35. The van der Waals surface area contributed by atoms with Crippen molar-refractivity contribution in [2.24, 2.45) is 0 Å². The summed E-state index contributed by atoms with van der Waals surface area (Å²) in [4.78, 5) is 28.8. The predicted octanol–water partition coefficient (Wildman–Crippen LogP) is 2.69. The van der Waals surface area contributed by atoms with E-state index in [1.54, 1.807) is 16.7 Å². The van der Waals surface area contributed by atoms with Gasteiger partial charge >= 0.3 is 0 Å². The maximum Gasteiger partial charge on any atom is 0.242 e. The van der Waals surface area contributed by atoms with Crippen LogP contribution in [0.1, 0.15) is 39.5 Å². The fourth-order valence-electron chi connectivity index (χ4n) is 4.07. The minimum absolute atomic E-state index is 0.000758. The number of rotatable bonds is 7. The van der Waals surface area contributed by atoms with Gasteiger partial charge in [-0.1, -0.05) is 31.0 Å². The minimum Gasteiger partial charge on any atom is -0.342 e. The van der Waals surface area contributed by atoms with Gasteiger partial charge in [0.2, 0.25) is 11.8 Å². The molecule has 1 aliphatic rings. The molecule has 0 atom stereocenters. The number of carbonyl (C=O) groups is 2. The molecule has 0 saturated carbocycles. The zero-order valence-electron chi connectivity index (χ0n) is 17.8. The highest BCUT2D eigenvalue weighted by Crippen LogP contribution is 2.27. The molecule has 3 rings (SSSR count). The molecule has 2 aromatic rings. The van der Waals surface area contributed by atoms with Crippen molar-refractivity contribution >= 4 is 32.6 Å². The van der Waals surface area contributed by atoms with Gasteiger partial charge in [-0.2, -0.15) is 0 Å². The first kappa shape index (κ1) is 22.3. The quantitative estimate of drug-likeness (QED) is 0.672. The van der Waals surface area contributed by atoms with Gasteiger partial charge in [0.15, 0.2) is 9.84 Å². The summed E-state index contributed by atoms with van der Waals surface area (Å²) in [5.74, 6) is -0.971. The van der Waals surface area contributed by atoms with Gasteiger partial charge in [-0.25, -0.2) is 8.42 Å². The molecule has 0 radical (unpaired) electrons. The number of aromatic nitrogens is 1. The van der Waals surface area contributed by atoms with Gasteiger partial charge in [0.1, 0.15) is 12.3 Å². The van der Waals surface area contributed by atoms with Crippen molar-refractivity contribution in [3.05, 3.63) is 30.5 Å². The van der Waals surface area contributed by atoms with Gasteiger partial charge in [-0.05, 0) is 32.8 Å². The number of amides is 2. The molecule has 2 amide bonds. The monoisotopic (exact) mass is 433 g/mol. The standard InChI is InChI=1S/C22H31N3O4S/c1-3-23(4-2)22(27)17-30(28,29)20-15-25(19-12-8-7-11-18(19)20)16-21(26)24-13-9-5-6-10-14-24/h7-8,11-12,15H,3-6,9-10,13-14,16-17H2,1-2H3. The van der Waals surface area contributed by atoms with E-state index < -0.39 is 21.5 Å². The number of fused-ring (bicyclic) bond motifs is 1. The number of carbonyl (C=O) groups excluding carboxylic acids is 2. The molecule has 1 fully saturated rings. The van der Waals surface area contributed by atoms with E-state index in [1.807, 2.05) is 30.9 Å². The minimum atomic E-state index is -3.83. The summed E-state index contributed by atoms with van der Waals surface area (Å²) >= 11 is 0. The summed E-state index contributed by atoms with van der Waals surface area (Å²) in [6.45, 7) is 6.19. The Morgan fingerprint density at radius 3 is 2.27 bits per heavy atom. The molecule has 2 heterocycles. The molecule has 1 aromatic heterocycles. The Kier molecular flexibility index (Phi) is 7.18. The van der Waals surface area contributed by atoms with Gasteiger partial charge in [0.05, 0.1) is 4.90 Å². The first-order valence-electron chi connectivity index (χ1n) is 10.7. The third kappa shape index (κ3) is 4.86. The van der Waals surface area contributed by atoms with Crippen molar-refractivity contribution in [3.63, 3.8) is 0 Å². The van der Waals surface area contributed by atoms with E-state index in [1.165, 1.54) is 11.1 Å². The molecule has 0 unspecified atom stereocenters. The van der Waals surface area contributed by atoms with Crippen LogP contribution in [0.25, 0.3) is 10.9 Å². The van der Waals surface area contributed by atoms with Crippen LogP contribution >= 0.6 is 0 Å². The van der Waals surface area contributed by atoms with Crippen molar-refractivity contribution in [1.29, 1.82) is 0 Å². The van der Waals surface area contributed by atoms with Crippen LogP contribution in [0, 0.1) is 0 Å². The second-order valence-electron chi connectivity index (χ2n) is 7.76. The van der Waals surface area contributed by atoms with E-state index in [4.69, 9.17) is 0 Å². The molecule has 1 aliphatic heterocycles. The smallest absolute Gasteiger partial charge is 0.242 e. The Morgan fingerprint density at radius 2 is 1.63 bits per heavy atom. The van der Waals surface area contributed by atoms with Gasteiger partial charge < -0.3 is 14.4 Å². The number of nitrogens with zero attached hydrogens (tertiary/aromatic N) is 3. The zero-order chi connectivity index (χ0) is 21.7. The first-order valence-corrected chi connectivity index (χ1v) is 12.4. The number of hydrogen-bond donors (Lipinski definition) is 0. The molecule has 164 valence electrons. The SMILES string of the molecule is CCN(CC)C(=O)CS(=O)(=O)c1cn(CC(=O)N2CCCCCC2)c2ccccc12. The van der Waals surface area contributed by atoms with Crippen molar-refractivity contribution in [2.45, 2.75) is 51.0 Å². The summed E-state index contributed by atoms with van der Waals surface area (Å²) in [7, 11) is -3.83. The second kappa shape index (κ2) is 9.64. The van der Waals surface area contributed by atoms with E-state index in [0.29, 0.717) is 24.0 Å². The molecule has 1 aromatic carbocycles. The Labute approximate surface area is 178 Å². The van der Waals surface area contributed by atoms with Crippen LogP contribution in [-0.4, -0.2) is 66.5 Å². The lowest BCUT2D eigenvalue weighted by atomic mass is 10.2. The Hall–Kier alpha value is -2.35. The van der Waals surface area contributed by atoms with Crippen LogP contribution in [0.4, 0.5) is 0 Å². The Morgan fingerprint density at radius 1 is 1.00 bits per heavy atom. The summed E-state index contributed by atoms with van der Waals surface area (Å²) in [5, 5.41) is 0.550. The molecular formula is C22H31N3O4S. The average molecular weight is 434 g/mol. The zero-order valence-corrected chi connectivity index (χ0v) is 18.7. The molecule has 7 nitrogen and oxygen atoms in total. The van der Waals surface area contributed by atoms with Crippen molar-refractivity contribution in [3.8, 4) is 0 Å². The molecule has 1 saturated heterocycles. The number of benzene rings is 1. The van der Waals surface area contributed by atoms with Gasteiger partial charge in [0.25, 0.3) is 0 Å². The largest absolute Gasteiger partial charge is 0.342 e. The molecule has 0 spiro atoms. The topological polar surface area (TPSA) is 79.7 Å². The first-order chi connectivity index (χ1) is 14.4. The van der Waals surface area contributed by atoms with E-state index >= 15 is 0 Å². The van der Waals surface area contributed by atoms with Gasteiger partial charge in [-0.3, -0.25) is 9.59 Å². The Bertz CT molecular complexity index is 1000. The number of para-hydroxylation sites is 1. The summed E-state index contributed by atoms with van der Waals surface area (Å²) in [5.41, 5.74) is 0.689. The van der Waals surface area contributed by atoms with Crippen molar-refractivity contribution in [2.75, 3.05) is 31.9 Å². The normalized spacial score (nSPS) is 15.2. The van der Waals surface area contributed by atoms with Crippen LogP contribution in [0.2, 0.25) is 0 Å². The van der Waals surface area contributed by atoms with E-state index in [-0.39, 0.29) is 17.3 Å². The highest BCUT2D eigenvalue weighted by molar-refractivity contribution is 7.92. The highest BCUT2D eigenvalue weighted by Gasteiger charge is 2.27. The van der Waals surface area contributed by atoms with E-state index in [9.17, 15) is 18.0 Å². The lowest BCUT2D eigenvalue weighted by Gasteiger charge is -2.20. The van der Waals surface area contributed by atoms with Crippen LogP contribution in [0.15, 0.2) is 35.4 Å². The molecule has 8 heteroatoms. The average Bonchev–Trinajstić information content (AvgIpc) is 2.89. The third-order valence-electron chi connectivity index (χ3n) is 5.78. The fourth-order valence-corrected chi connectivity index (χ4v) is 5.52. The second-order valence-corrected chi connectivity index (χ2v) is 9.72. The third-order valence-corrected chi connectivity index (χ3v) is 7.40. The number of likely N-dealkylation sites (tertiary alicyclic amines) is 1. The molecular weight excluding hydrogens is 402 g/mol. The molecule has 0 N–H and O–H groups in total. The van der Waals surface area contributed by atoms with Crippen LogP contribution in [-0.2, 0) is 26.0 Å². The van der Waals surface area contributed by atoms with E-state index in [2.05, 4.69) is 0 Å². The fraction of sp³-hybridized carbons (Fsp3) is 0.545. The van der Waals surface area contributed by atoms with Crippen molar-refractivity contribution < 1.29 is 18.0 Å². The van der Waals surface area contributed by atoms with Gasteiger partial charge in [-0.15, -0.1) is 0 Å². The van der Waals surface area contributed by atoms with Crippen molar-refractivity contribution in [1.82, 2.24) is 14.4 Å². The predicted molar refractivity (Wildman–Crippen MR) is 117 cm³/mol. The number of sulfone groups is 1. The number of hydrogen-bond acceptors (Lipinski definition) is 4. The van der Waals surface area contributed by atoms with E-state index in [0.717, 1.165) is 38.8 Å².